The van der Waals surface area contributed by atoms with Crippen molar-refractivity contribution in [3.8, 4) is 11.3 Å². The first-order valence-corrected chi connectivity index (χ1v) is 8.64. The lowest BCUT2D eigenvalue weighted by Gasteiger charge is -2.25. The Kier molecular flexibility index (Phi) is 4.06. The number of aromatic nitrogens is 1. The summed E-state index contributed by atoms with van der Waals surface area (Å²) in [6, 6.07) is 14.8. The minimum absolute atomic E-state index is 0.498. The molecule has 0 amide bonds. The molecule has 2 heterocycles. The van der Waals surface area contributed by atoms with Gasteiger partial charge in [-0.25, -0.2) is 0 Å². The van der Waals surface area contributed by atoms with E-state index in [4.69, 9.17) is 4.98 Å². The van der Waals surface area contributed by atoms with Gasteiger partial charge in [-0.1, -0.05) is 49.2 Å². The van der Waals surface area contributed by atoms with Crippen LogP contribution in [-0.4, -0.2) is 11.2 Å². The van der Waals surface area contributed by atoms with E-state index in [0.717, 1.165) is 18.0 Å². The maximum atomic E-state index is 4.74. The predicted molar refractivity (Wildman–Crippen MR) is 95.6 cm³/mol. The number of hydrogen-bond donors (Lipinski definition) is 0. The molecule has 1 atom stereocenters. The second kappa shape index (κ2) is 6.49. The highest BCUT2D eigenvalue weighted by Gasteiger charge is 2.29. The first kappa shape index (κ1) is 14.4. The van der Waals surface area contributed by atoms with Gasteiger partial charge in [-0.3, -0.25) is 9.98 Å². The fourth-order valence-corrected chi connectivity index (χ4v) is 4.02. The molecule has 1 aliphatic heterocycles. The molecule has 0 radical (unpaired) electrons. The van der Waals surface area contributed by atoms with Crippen LogP contribution >= 0.6 is 0 Å². The van der Waals surface area contributed by atoms with E-state index in [-0.39, 0.29) is 0 Å². The standard InChI is InChI=1S/C21H22N2/c1-2-6-16(7-3-1)20-11-10-18(15-23-20)21(17-8-4-5-9-17)19-12-13-22-14-19/h1-3,6-7,10-11,13-15,17,21H,4-5,8-9,12H2. The zero-order valence-electron chi connectivity index (χ0n) is 13.4. The first-order chi connectivity index (χ1) is 11.4. The van der Waals surface area contributed by atoms with Gasteiger partial charge < -0.3 is 0 Å². The first-order valence-electron chi connectivity index (χ1n) is 8.64. The van der Waals surface area contributed by atoms with Gasteiger partial charge in [0.25, 0.3) is 0 Å². The summed E-state index contributed by atoms with van der Waals surface area (Å²) in [5, 5.41) is 0. The molecule has 1 saturated carbocycles. The van der Waals surface area contributed by atoms with Crippen molar-refractivity contribution in [2.24, 2.45) is 10.9 Å². The number of rotatable bonds is 4. The largest absolute Gasteiger partial charge is 0.269 e. The van der Waals surface area contributed by atoms with Crippen LogP contribution in [-0.2, 0) is 0 Å². The molecule has 0 N–H and O–H groups in total. The van der Waals surface area contributed by atoms with E-state index >= 15 is 0 Å². The van der Waals surface area contributed by atoms with Crippen LogP contribution in [0.25, 0.3) is 11.3 Å². The van der Waals surface area contributed by atoms with E-state index in [9.17, 15) is 0 Å². The summed E-state index contributed by atoms with van der Waals surface area (Å²) in [5.41, 5.74) is 5.05. The third kappa shape index (κ3) is 2.98. The second-order valence-electron chi connectivity index (χ2n) is 6.60. The fraction of sp³-hybridized carbons (Fsp3) is 0.333. The molecule has 0 bridgehead atoms. The number of allylic oxidation sites excluding steroid dienone is 1. The highest BCUT2D eigenvalue weighted by molar-refractivity contribution is 5.66. The zero-order chi connectivity index (χ0) is 15.5. The van der Waals surface area contributed by atoms with Crippen LogP contribution in [0.3, 0.4) is 0 Å². The van der Waals surface area contributed by atoms with Crippen LogP contribution in [0.15, 0.2) is 65.4 Å². The minimum Gasteiger partial charge on any atom is -0.269 e. The molecule has 1 fully saturated rings. The van der Waals surface area contributed by atoms with Crippen LogP contribution in [0, 0.1) is 5.92 Å². The molecule has 2 aromatic rings. The molecule has 2 heteroatoms. The Labute approximate surface area is 138 Å². The lowest BCUT2D eigenvalue weighted by Crippen LogP contribution is -2.12. The van der Waals surface area contributed by atoms with Gasteiger partial charge in [-0.2, -0.15) is 0 Å². The second-order valence-corrected chi connectivity index (χ2v) is 6.60. The van der Waals surface area contributed by atoms with Crippen LogP contribution in [0.2, 0.25) is 0 Å². The van der Waals surface area contributed by atoms with Crippen molar-refractivity contribution in [2.75, 3.05) is 0 Å². The summed E-state index contributed by atoms with van der Waals surface area (Å²) >= 11 is 0. The van der Waals surface area contributed by atoms with Gasteiger partial charge >= 0.3 is 0 Å². The zero-order valence-corrected chi connectivity index (χ0v) is 13.4. The lowest BCUT2D eigenvalue weighted by molar-refractivity contribution is 0.474. The van der Waals surface area contributed by atoms with E-state index in [1.54, 1.807) is 0 Å². The van der Waals surface area contributed by atoms with Crippen molar-refractivity contribution in [2.45, 2.75) is 38.0 Å². The van der Waals surface area contributed by atoms with E-state index < -0.39 is 0 Å². The average molecular weight is 302 g/mol. The molecule has 1 unspecified atom stereocenters. The third-order valence-electron chi connectivity index (χ3n) is 5.16. The predicted octanol–water partition coefficient (Wildman–Crippen LogP) is 5.38. The van der Waals surface area contributed by atoms with E-state index in [0.29, 0.717) is 5.92 Å². The fourth-order valence-electron chi connectivity index (χ4n) is 4.02. The Morgan fingerprint density at radius 1 is 0.957 bits per heavy atom. The number of hydrogen-bond acceptors (Lipinski definition) is 2. The molecule has 4 rings (SSSR count). The maximum Gasteiger partial charge on any atom is 0.0702 e. The average Bonchev–Trinajstić information content (AvgIpc) is 3.31. The molecule has 0 saturated heterocycles. The molecule has 2 nitrogen and oxygen atoms in total. The Bertz CT molecular complexity index is 707. The van der Waals surface area contributed by atoms with Gasteiger partial charge in [0.05, 0.1) is 5.69 Å². The van der Waals surface area contributed by atoms with E-state index in [1.165, 1.54) is 42.4 Å². The highest BCUT2D eigenvalue weighted by Crippen LogP contribution is 2.43. The van der Waals surface area contributed by atoms with Gasteiger partial charge in [0.2, 0.25) is 0 Å². The summed E-state index contributed by atoms with van der Waals surface area (Å²) in [6.45, 7) is 0. The van der Waals surface area contributed by atoms with Crippen molar-refractivity contribution in [1.82, 2.24) is 4.98 Å². The SMILES string of the molecule is C1=NC=C(C(c2ccc(-c3ccccc3)nc2)C2CCCC2)C1. The normalized spacial score (nSPS) is 19.0. The quantitative estimate of drug-likeness (QED) is 0.744. The molecule has 2 aliphatic rings. The summed E-state index contributed by atoms with van der Waals surface area (Å²) < 4.78 is 0. The van der Waals surface area contributed by atoms with Crippen LogP contribution < -0.4 is 0 Å². The van der Waals surface area contributed by atoms with Crippen LogP contribution in [0.1, 0.15) is 43.6 Å². The van der Waals surface area contributed by atoms with Crippen LogP contribution in [0.5, 0.6) is 0 Å². The summed E-state index contributed by atoms with van der Waals surface area (Å²) in [6.07, 6.45) is 12.6. The van der Waals surface area contributed by atoms with Crippen LogP contribution in [0.4, 0.5) is 0 Å². The van der Waals surface area contributed by atoms with Gasteiger partial charge in [-0.15, -0.1) is 0 Å². The summed E-state index contributed by atoms with van der Waals surface area (Å²) in [7, 11) is 0. The molecule has 23 heavy (non-hydrogen) atoms. The van der Waals surface area contributed by atoms with Crippen molar-refractivity contribution in [3.05, 3.63) is 66.0 Å². The monoisotopic (exact) mass is 302 g/mol. The number of nitrogens with zero attached hydrogens (tertiary/aromatic N) is 2. The summed E-state index contributed by atoms with van der Waals surface area (Å²) in [4.78, 5) is 9.08. The Hall–Kier alpha value is -2.22. The van der Waals surface area contributed by atoms with Crippen molar-refractivity contribution >= 4 is 6.21 Å². The lowest BCUT2D eigenvalue weighted by atomic mass is 9.79. The molecule has 0 spiro atoms. The maximum absolute atomic E-state index is 4.74. The molecule has 1 aromatic carbocycles. The Morgan fingerprint density at radius 3 is 2.43 bits per heavy atom. The molecule has 1 aromatic heterocycles. The van der Waals surface area contributed by atoms with Gasteiger partial charge in [0, 0.05) is 36.5 Å². The Morgan fingerprint density at radius 2 is 1.78 bits per heavy atom. The molecular formula is C21H22N2. The van der Waals surface area contributed by atoms with Crippen molar-refractivity contribution < 1.29 is 0 Å². The minimum atomic E-state index is 0.498. The molecule has 116 valence electrons. The van der Waals surface area contributed by atoms with Crippen molar-refractivity contribution in [3.63, 3.8) is 0 Å². The smallest absolute Gasteiger partial charge is 0.0702 e. The molecular weight excluding hydrogens is 280 g/mol. The van der Waals surface area contributed by atoms with Gasteiger partial charge in [-0.05, 0) is 36.0 Å². The number of pyridine rings is 1. The van der Waals surface area contributed by atoms with Gasteiger partial charge in [0.15, 0.2) is 0 Å². The highest BCUT2D eigenvalue weighted by atomic mass is 14.7. The summed E-state index contributed by atoms with van der Waals surface area (Å²) in [5.74, 6) is 1.25. The Balaban J connectivity index is 1.63. The third-order valence-corrected chi connectivity index (χ3v) is 5.16. The van der Waals surface area contributed by atoms with E-state index in [1.807, 2.05) is 12.3 Å². The molecule has 1 aliphatic carbocycles. The number of aliphatic imine (C=N–C) groups is 1. The number of benzene rings is 1. The topological polar surface area (TPSA) is 25.2 Å². The van der Waals surface area contributed by atoms with Crippen molar-refractivity contribution in [1.29, 1.82) is 0 Å². The van der Waals surface area contributed by atoms with E-state index in [2.05, 4.69) is 53.8 Å². The van der Waals surface area contributed by atoms with Gasteiger partial charge in [0.1, 0.15) is 0 Å².